The summed E-state index contributed by atoms with van der Waals surface area (Å²) in [5.74, 6) is -0.692. The first-order valence-corrected chi connectivity index (χ1v) is 6.54. The van der Waals surface area contributed by atoms with Crippen molar-refractivity contribution in [1.29, 1.82) is 0 Å². The molecule has 82 valence electrons. The van der Waals surface area contributed by atoms with Crippen molar-refractivity contribution in [3.63, 3.8) is 0 Å². The lowest BCUT2D eigenvalue weighted by molar-refractivity contribution is -0.142. The first kappa shape index (κ1) is 11.1. The molecule has 3 nitrogen and oxygen atoms in total. The second-order valence-electron chi connectivity index (χ2n) is 3.70. The lowest BCUT2D eigenvalue weighted by Crippen LogP contribution is -2.35. The van der Waals surface area contributed by atoms with E-state index in [1.807, 2.05) is 10.3 Å². The Morgan fingerprint density at radius 2 is 2.53 bits per heavy atom. The molecule has 0 aromatic carbocycles. The fourth-order valence-electron chi connectivity index (χ4n) is 1.93. The molecule has 0 aliphatic carbocycles. The van der Waals surface area contributed by atoms with Crippen molar-refractivity contribution in [3.05, 3.63) is 20.8 Å². The maximum absolute atomic E-state index is 11.0. The quantitative estimate of drug-likeness (QED) is 0.930. The van der Waals surface area contributed by atoms with Crippen molar-refractivity contribution in [3.8, 4) is 0 Å². The standard InChI is InChI=1S/C10H12BrNO2S/c11-7-4-8(15-6-7)5-12-3-1-2-9(12)10(13)14/h4,6,9H,1-3,5H2,(H,13,14). The molecule has 1 atom stereocenters. The van der Waals surface area contributed by atoms with Crippen LogP contribution in [-0.4, -0.2) is 28.6 Å². The monoisotopic (exact) mass is 289 g/mol. The normalized spacial score (nSPS) is 22.1. The third-order valence-corrected chi connectivity index (χ3v) is 4.31. The Kier molecular flexibility index (Phi) is 3.43. The number of carbonyl (C=O) groups is 1. The zero-order chi connectivity index (χ0) is 10.8. The Labute approximate surface area is 101 Å². The molecule has 1 unspecified atom stereocenters. The van der Waals surface area contributed by atoms with Crippen molar-refractivity contribution in [1.82, 2.24) is 4.90 Å². The van der Waals surface area contributed by atoms with E-state index in [0.717, 1.165) is 30.4 Å². The molecule has 2 heterocycles. The Morgan fingerprint density at radius 1 is 1.73 bits per heavy atom. The zero-order valence-electron chi connectivity index (χ0n) is 8.15. The fraction of sp³-hybridized carbons (Fsp3) is 0.500. The van der Waals surface area contributed by atoms with E-state index >= 15 is 0 Å². The van der Waals surface area contributed by atoms with Crippen LogP contribution >= 0.6 is 27.3 Å². The molecule has 5 heteroatoms. The maximum Gasteiger partial charge on any atom is 0.320 e. The molecule has 15 heavy (non-hydrogen) atoms. The van der Waals surface area contributed by atoms with Crippen LogP contribution in [0.2, 0.25) is 0 Å². The van der Waals surface area contributed by atoms with Gasteiger partial charge in [-0.15, -0.1) is 11.3 Å². The van der Waals surface area contributed by atoms with Crippen molar-refractivity contribution in [2.45, 2.75) is 25.4 Å². The van der Waals surface area contributed by atoms with Crippen LogP contribution in [0.25, 0.3) is 0 Å². The average molecular weight is 290 g/mol. The molecule has 0 radical (unpaired) electrons. The van der Waals surface area contributed by atoms with Crippen LogP contribution in [0.4, 0.5) is 0 Å². The number of carboxylic acid groups (broad SMARTS) is 1. The van der Waals surface area contributed by atoms with Crippen molar-refractivity contribution >= 4 is 33.2 Å². The first-order chi connectivity index (χ1) is 7.16. The summed E-state index contributed by atoms with van der Waals surface area (Å²) in [6.45, 7) is 1.65. The molecular formula is C10H12BrNO2S. The third kappa shape index (κ3) is 2.59. The lowest BCUT2D eigenvalue weighted by Gasteiger charge is -2.19. The molecule has 0 spiro atoms. The van der Waals surface area contributed by atoms with Gasteiger partial charge in [-0.3, -0.25) is 9.69 Å². The van der Waals surface area contributed by atoms with E-state index in [4.69, 9.17) is 5.11 Å². The van der Waals surface area contributed by atoms with Gasteiger partial charge in [0.05, 0.1) is 0 Å². The Balaban J connectivity index is 2.02. The van der Waals surface area contributed by atoms with Gasteiger partial charge in [-0.2, -0.15) is 0 Å². The highest BCUT2D eigenvalue weighted by atomic mass is 79.9. The van der Waals surface area contributed by atoms with Gasteiger partial charge in [-0.25, -0.2) is 0 Å². The third-order valence-electron chi connectivity index (χ3n) is 2.63. The predicted molar refractivity (Wildman–Crippen MR) is 63.1 cm³/mol. The number of hydrogen-bond acceptors (Lipinski definition) is 3. The van der Waals surface area contributed by atoms with Crippen molar-refractivity contribution in [2.75, 3.05) is 6.54 Å². The summed E-state index contributed by atoms with van der Waals surface area (Å²) in [5.41, 5.74) is 0. The first-order valence-electron chi connectivity index (χ1n) is 4.86. The van der Waals surface area contributed by atoms with Gasteiger partial charge in [0.1, 0.15) is 6.04 Å². The maximum atomic E-state index is 11.0. The molecule has 0 saturated carbocycles. The number of halogens is 1. The van der Waals surface area contributed by atoms with Crippen LogP contribution in [0.1, 0.15) is 17.7 Å². The number of aliphatic carboxylic acids is 1. The summed E-state index contributed by atoms with van der Waals surface area (Å²) in [4.78, 5) is 14.2. The summed E-state index contributed by atoms with van der Waals surface area (Å²) in [5, 5.41) is 11.0. The number of carboxylic acids is 1. The van der Waals surface area contributed by atoms with Gasteiger partial charge in [0, 0.05) is 21.3 Å². The van der Waals surface area contributed by atoms with Gasteiger partial charge in [-0.1, -0.05) is 0 Å². The van der Waals surface area contributed by atoms with Crippen LogP contribution < -0.4 is 0 Å². The summed E-state index contributed by atoms with van der Waals surface area (Å²) in [6.07, 6.45) is 1.77. The minimum atomic E-state index is -0.692. The highest BCUT2D eigenvalue weighted by molar-refractivity contribution is 9.10. The Bertz CT molecular complexity index is 366. The highest BCUT2D eigenvalue weighted by Gasteiger charge is 2.30. The van der Waals surface area contributed by atoms with E-state index < -0.39 is 5.97 Å². The van der Waals surface area contributed by atoms with Crippen LogP contribution in [0.3, 0.4) is 0 Å². The van der Waals surface area contributed by atoms with Crippen molar-refractivity contribution in [2.24, 2.45) is 0 Å². The highest BCUT2D eigenvalue weighted by Crippen LogP contribution is 2.25. The van der Waals surface area contributed by atoms with E-state index in [9.17, 15) is 4.79 Å². The summed E-state index contributed by atoms with van der Waals surface area (Å²) < 4.78 is 1.08. The summed E-state index contributed by atoms with van der Waals surface area (Å²) >= 11 is 5.07. The van der Waals surface area contributed by atoms with Crippen molar-refractivity contribution < 1.29 is 9.90 Å². The van der Waals surface area contributed by atoms with Gasteiger partial charge >= 0.3 is 5.97 Å². The molecule has 1 aliphatic heterocycles. The van der Waals surface area contributed by atoms with Crippen LogP contribution in [0.5, 0.6) is 0 Å². The second-order valence-corrected chi connectivity index (χ2v) is 5.61. The molecule has 1 aromatic heterocycles. The largest absolute Gasteiger partial charge is 0.480 e. The summed E-state index contributed by atoms with van der Waals surface area (Å²) in [7, 11) is 0. The van der Waals surface area contributed by atoms with Gasteiger partial charge < -0.3 is 5.11 Å². The molecule has 1 N–H and O–H groups in total. The minimum absolute atomic E-state index is 0.286. The number of nitrogens with zero attached hydrogens (tertiary/aromatic N) is 1. The Hall–Kier alpha value is -0.390. The summed E-state index contributed by atoms with van der Waals surface area (Å²) in [6, 6.07) is 1.77. The van der Waals surface area contributed by atoms with Gasteiger partial charge in [0.25, 0.3) is 0 Å². The molecule has 1 aliphatic rings. The molecule has 1 saturated heterocycles. The van der Waals surface area contributed by atoms with E-state index in [-0.39, 0.29) is 6.04 Å². The van der Waals surface area contributed by atoms with Gasteiger partial charge in [-0.05, 0) is 41.4 Å². The number of rotatable bonds is 3. The molecule has 1 fully saturated rings. The number of likely N-dealkylation sites (tertiary alicyclic amines) is 1. The van der Waals surface area contributed by atoms with E-state index in [1.165, 1.54) is 4.88 Å². The second kappa shape index (κ2) is 4.63. The minimum Gasteiger partial charge on any atom is -0.480 e. The van der Waals surface area contributed by atoms with E-state index in [0.29, 0.717) is 0 Å². The van der Waals surface area contributed by atoms with Crippen LogP contribution in [0.15, 0.2) is 15.9 Å². The average Bonchev–Trinajstić information content (AvgIpc) is 2.75. The van der Waals surface area contributed by atoms with E-state index in [2.05, 4.69) is 22.0 Å². The number of thiophene rings is 1. The molecule has 1 aromatic rings. The number of hydrogen-bond donors (Lipinski definition) is 1. The molecule has 0 amide bonds. The van der Waals surface area contributed by atoms with Crippen LogP contribution in [-0.2, 0) is 11.3 Å². The smallest absolute Gasteiger partial charge is 0.320 e. The lowest BCUT2D eigenvalue weighted by atomic mass is 10.2. The molecule has 2 rings (SSSR count). The van der Waals surface area contributed by atoms with Gasteiger partial charge in [0.15, 0.2) is 0 Å². The molecular weight excluding hydrogens is 278 g/mol. The van der Waals surface area contributed by atoms with Crippen LogP contribution in [0, 0.1) is 0 Å². The predicted octanol–water partition coefficient (Wildman–Crippen LogP) is 2.56. The topological polar surface area (TPSA) is 40.5 Å². The molecule has 0 bridgehead atoms. The Morgan fingerprint density at radius 3 is 3.13 bits per heavy atom. The van der Waals surface area contributed by atoms with E-state index in [1.54, 1.807) is 11.3 Å². The zero-order valence-corrected chi connectivity index (χ0v) is 10.6. The van der Waals surface area contributed by atoms with Gasteiger partial charge in [0.2, 0.25) is 0 Å². The fourth-order valence-corrected chi connectivity index (χ4v) is 3.41. The SMILES string of the molecule is O=C(O)C1CCCN1Cc1cc(Br)cs1.